The molecule has 0 fully saturated rings. The Morgan fingerprint density at radius 1 is 1.24 bits per heavy atom. The number of amides is 1. The maximum atomic E-state index is 11.7. The molecule has 1 rings (SSSR count). The van der Waals surface area contributed by atoms with Crippen molar-refractivity contribution < 1.29 is 13.2 Å². The lowest BCUT2D eigenvalue weighted by Crippen LogP contribution is -2.54. The fourth-order valence-corrected chi connectivity index (χ4v) is 1.79. The summed E-state index contributed by atoms with van der Waals surface area (Å²) < 4.78 is 23.4. The van der Waals surface area contributed by atoms with Crippen LogP contribution in [0.15, 0.2) is 35.2 Å². The molecule has 0 saturated carbocycles. The van der Waals surface area contributed by atoms with Gasteiger partial charge >= 0.3 is 0 Å². The van der Waals surface area contributed by atoms with Crippen LogP contribution in [0.25, 0.3) is 0 Å². The number of nitrogens with one attached hydrogen (secondary N) is 2. The summed E-state index contributed by atoms with van der Waals surface area (Å²) in [6.07, 6.45) is 0. The van der Waals surface area contributed by atoms with Crippen LogP contribution in [0.2, 0.25) is 0 Å². The van der Waals surface area contributed by atoms with E-state index in [1.165, 1.54) is 26.0 Å². The van der Waals surface area contributed by atoms with E-state index in [4.69, 9.17) is 5.73 Å². The number of carbonyl (C=O) groups excluding carboxylic acids is 1. The molecule has 7 heteroatoms. The monoisotopic (exact) mass is 257 g/mol. The third-order valence-corrected chi connectivity index (χ3v) is 3.20. The van der Waals surface area contributed by atoms with Crippen LogP contribution in [-0.2, 0) is 14.8 Å². The summed E-state index contributed by atoms with van der Waals surface area (Å²) >= 11 is 0. The second-order valence-electron chi connectivity index (χ2n) is 4.09. The van der Waals surface area contributed by atoms with Crippen LogP contribution in [-0.4, -0.2) is 19.9 Å². The second kappa shape index (κ2) is 4.82. The topological polar surface area (TPSA) is 101 Å². The Morgan fingerprint density at radius 3 is 2.24 bits per heavy atom. The van der Waals surface area contributed by atoms with Gasteiger partial charge < -0.3 is 5.73 Å². The smallest absolute Gasteiger partial charge is 0.257 e. The molecule has 0 radical (unpaired) electrons. The Bertz CT molecular complexity index is 491. The van der Waals surface area contributed by atoms with Crippen molar-refractivity contribution in [3.8, 4) is 0 Å². The minimum absolute atomic E-state index is 0.0649. The first-order valence-electron chi connectivity index (χ1n) is 4.90. The number of sulfonamides is 1. The molecular formula is C10H15N3O3S. The molecule has 0 aliphatic rings. The summed E-state index contributed by atoms with van der Waals surface area (Å²) in [4.78, 5) is 13.4. The van der Waals surface area contributed by atoms with Crippen molar-refractivity contribution in [2.75, 3.05) is 0 Å². The fraction of sp³-hybridized carbons (Fsp3) is 0.300. The fourth-order valence-electron chi connectivity index (χ4n) is 0.933. The number of carbonyl (C=O) groups is 1. The molecule has 0 aromatic heterocycles. The highest BCUT2D eigenvalue weighted by molar-refractivity contribution is 7.89. The van der Waals surface area contributed by atoms with Gasteiger partial charge in [-0.05, 0) is 26.0 Å². The van der Waals surface area contributed by atoms with E-state index in [2.05, 4.69) is 5.43 Å². The largest absolute Gasteiger partial charge is 0.318 e. The van der Waals surface area contributed by atoms with Gasteiger partial charge in [-0.1, -0.05) is 18.2 Å². The zero-order valence-electron chi connectivity index (χ0n) is 9.60. The number of nitrogens with two attached hydrogens (primary N) is 1. The summed E-state index contributed by atoms with van der Waals surface area (Å²) in [5, 5.41) is 0. The number of rotatable bonds is 4. The van der Waals surface area contributed by atoms with E-state index in [0.717, 1.165) is 0 Å². The third kappa shape index (κ3) is 3.81. The van der Waals surface area contributed by atoms with E-state index >= 15 is 0 Å². The summed E-state index contributed by atoms with van der Waals surface area (Å²) in [5.74, 6) is -0.614. The van der Waals surface area contributed by atoms with Crippen molar-refractivity contribution in [1.82, 2.24) is 10.3 Å². The lowest BCUT2D eigenvalue weighted by Gasteiger charge is -2.18. The van der Waals surface area contributed by atoms with Gasteiger partial charge in [0.25, 0.3) is 15.9 Å². The van der Waals surface area contributed by atoms with Crippen molar-refractivity contribution in [1.29, 1.82) is 0 Å². The van der Waals surface area contributed by atoms with Crippen molar-refractivity contribution in [3.05, 3.63) is 30.3 Å². The van der Waals surface area contributed by atoms with Gasteiger partial charge in [-0.25, -0.2) is 8.42 Å². The summed E-state index contributed by atoms with van der Waals surface area (Å²) in [6.45, 7) is 2.94. The molecule has 1 amide bonds. The van der Waals surface area contributed by atoms with E-state index in [9.17, 15) is 13.2 Å². The summed E-state index contributed by atoms with van der Waals surface area (Å²) in [6, 6.07) is 7.71. The Kier molecular flexibility index (Phi) is 3.87. The van der Waals surface area contributed by atoms with Gasteiger partial charge in [-0.2, -0.15) is 0 Å². The Balaban J connectivity index is 2.74. The molecule has 0 unspecified atom stereocenters. The van der Waals surface area contributed by atoms with Crippen molar-refractivity contribution in [2.24, 2.45) is 5.73 Å². The van der Waals surface area contributed by atoms with Crippen LogP contribution in [0.4, 0.5) is 0 Å². The van der Waals surface area contributed by atoms with Gasteiger partial charge in [0, 0.05) is 0 Å². The standard InChI is InChI=1S/C10H15N3O3S/c1-10(2,11)9(14)12-13-17(15,16)8-6-4-3-5-7-8/h3-7,13H,11H2,1-2H3,(H,12,14). The van der Waals surface area contributed by atoms with E-state index < -0.39 is 21.5 Å². The molecule has 0 aliphatic carbocycles. The molecule has 1 aromatic carbocycles. The number of hydrogen-bond donors (Lipinski definition) is 3. The lowest BCUT2D eigenvalue weighted by atomic mass is 10.1. The lowest BCUT2D eigenvalue weighted by molar-refractivity contribution is -0.125. The molecule has 0 bridgehead atoms. The van der Waals surface area contributed by atoms with Gasteiger partial charge in [0.2, 0.25) is 0 Å². The van der Waals surface area contributed by atoms with Gasteiger partial charge in [0.05, 0.1) is 10.4 Å². The summed E-state index contributed by atoms with van der Waals surface area (Å²) in [5.41, 5.74) is 6.41. The highest BCUT2D eigenvalue weighted by Gasteiger charge is 2.23. The highest BCUT2D eigenvalue weighted by atomic mass is 32.2. The van der Waals surface area contributed by atoms with Crippen molar-refractivity contribution in [3.63, 3.8) is 0 Å². The molecule has 1 aromatic rings. The van der Waals surface area contributed by atoms with Crippen LogP contribution in [0, 0.1) is 0 Å². The highest BCUT2D eigenvalue weighted by Crippen LogP contribution is 2.06. The van der Waals surface area contributed by atoms with E-state index in [1.54, 1.807) is 18.2 Å². The Morgan fingerprint density at radius 2 is 1.76 bits per heavy atom. The SMILES string of the molecule is CC(C)(N)C(=O)NNS(=O)(=O)c1ccccc1. The molecule has 0 aliphatic heterocycles. The molecule has 0 saturated heterocycles. The predicted octanol–water partition coefficient (Wildman–Crippen LogP) is -0.267. The molecule has 6 nitrogen and oxygen atoms in total. The number of hydrogen-bond acceptors (Lipinski definition) is 4. The zero-order chi connectivity index (χ0) is 13.1. The first-order chi connectivity index (χ1) is 7.73. The molecule has 17 heavy (non-hydrogen) atoms. The van der Waals surface area contributed by atoms with Crippen molar-refractivity contribution in [2.45, 2.75) is 24.3 Å². The second-order valence-corrected chi connectivity index (χ2v) is 5.78. The average molecular weight is 257 g/mol. The van der Waals surface area contributed by atoms with Gasteiger partial charge in [0.1, 0.15) is 0 Å². The minimum Gasteiger partial charge on any atom is -0.318 e. The first kappa shape index (κ1) is 13.6. The minimum atomic E-state index is -3.75. The molecular weight excluding hydrogens is 242 g/mol. The number of hydrazine groups is 1. The first-order valence-corrected chi connectivity index (χ1v) is 6.38. The quantitative estimate of drug-likeness (QED) is 0.646. The van der Waals surface area contributed by atoms with E-state index in [0.29, 0.717) is 0 Å². The Labute approximate surface area is 100 Å². The van der Waals surface area contributed by atoms with Crippen LogP contribution in [0.5, 0.6) is 0 Å². The molecule has 4 N–H and O–H groups in total. The van der Waals surface area contributed by atoms with Crippen LogP contribution < -0.4 is 16.0 Å². The van der Waals surface area contributed by atoms with Crippen LogP contribution >= 0.6 is 0 Å². The van der Waals surface area contributed by atoms with Crippen molar-refractivity contribution >= 4 is 15.9 Å². The predicted molar refractivity (Wildman–Crippen MR) is 63.2 cm³/mol. The third-order valence-electron chi connectivity index (χ3n) is 1.94. The summed E-state index contributed by atoms with van der Waals surface area (Å²) in [7, 11) is -3.75. The van der Waals surface area contributed by atoms with Gasteiger partial charge in [-0.3, -0.25) is 10.2 Å². The maximum Gasteiger partial charge on any atom is 0.257 e. The molecule has 0 spiro atoms. The van der Waals surface area contributed by atoms with Gasteiger partial charge in [-0.15, -0.1) is 4.83 Å². The molecule has 0 atom stereocenters. The van der Waals surface area contributed by atoms with E-state index in [-0.39, 0.29) is 4.90 Å². The maximum absolute atomic E-state index is 11.7. The molecule has 0 heterocycles. The van der Waals surface area contributed by atoms with Crippen LogP contribution in [0.3, 0.4) is 0 Å². The molecule has 94 valence electrons. The number of benzene rings is 1. The zero-order valence-corrected chi connectivity index (χ0v) is 10.4. The Hall–Kier alpha value is -1.44. The van der Waals surface area contributed by atoms with E-state index in [1.807, 2.05) is 4.83 Å². The van der Waals surface area contributed by atoms with Gasteiger partial charge in [0.15, 0.2) is 0 Å². The van der Waals surface area contributed by atoms with Crippen LogP contribution in [0.1, 0.15) is 13.8 Å². The average Bonchev–Trinajstić information content (AvgIpc) is 2.26. The normalized spacial score (nSPS) is 12.2.